The fraction of sp³-hybridized carbons (Fsp3) is 0.0870. The van der Waals surface area contributed by atoms with Crippen molar-refractivity contribution in [1.82, 2.24) is 4.72 Å². The highest BCUT2D eigenvalue weighted by Crippen LogP contribution is 2.43. The van der Waals surface area contributed by atoms with Crippen molar-refractivity contribution in [3.63, 3.8) is 0 Å². The van der Waals surface area contributed by atoms with E-state index < -0.39 is 41.9 Å². The van der Waals surface area contributed by atoms with Gasteiger partial charge in [-0.25, -0.2) is 13.0 Å². The zero-order valence-electron chi connectivity index (χ0n) is 19.9. The van der Waals surface area contributed by atoms with E-state index in [1.807, 2.05) is 4.72 Å². The quantitative estimate of drug-likeness (QED) is 0.151. The van der Waals surface area contributed by atoms with Gasteiger partial charge in [0.1, 0.15) is 16.2 Å². The number of carbonyl (C=O) groups excluding carboxylic acids is 1. The van der Waals surface area contributed by atoms with Gasteiger partial charge < -0.3 is 19.5 Å². The molecule has 1 unspecified atom stereocenters. The lowest BCUT2D eigenvalue weighted by Gasteiger charge is -2.16. The molecule has 0 aliphatic carbocycles. The number of rotatable bonds is 9. The SMILES string of the molecule is O=C(Nc1ccccc1OC(F)(F)F)c1cc(OP(=O)(O)CNS(=O)(=O)c2cc3c(Cl)ccc(Cl)c3s2)ccc1Br. The summed E-state index contributed by atoms with van der Waals surface area (Å²) in [6.07, 6.45) is -6.04. The van der Waals surface area contributed by atoms with Crippen LogP contribution in [0.2, 0.25) is 10.0 Å². The second-order valence-corrected chi connectivity index (χ2v) is 14.5. The maximum absolute atomic E-state index is 12.8. The van der Waals surface area contributed by atoms with E-state index in [0.29, 0.717) is 10.1 Å². The molecule has 0 radical (unpaired) electrons. The van der Waals surface area contributed by atoms with Gasteiger partial charge in [-0.05, 0) is 64.5 Å². The van der Waals surface area contributed by atoms with Gasteiger partial charge in [0.05, 0.1) is 21.0 Å². The van der Waals surface area contributed by atoms with Crippen molar-refractivity contribution in [2.45, 2.75) is 10.6 Å². The molecule has 1 atom stereocenters. The van der Waals surface area contributed by atoms with Gasteiger partial charge >= 0.3 is 14.0 Å². The van der Waals surface area contributed by atoms with Crippen LogP contribution < -0.4 is 19.3 Å². The lowest BCUT2D eigenvalue weighted by atomic mass is 10.2. The van der Waals surface area contributed by atoms with E-state index in [0.717, 1.165) is 23.5 Å². The van der Waals surface area contributed by atoms with E-state index in [1.165, 1.54) is 48.5 Å². The van der Waals surface area contributed by atoms with Crippen molar-refractivity contribution in [2.75, 3.05) is 11.6 Å². The molecule has 9 nitrogen and oxygen atoms in total. The van der Waals surface area contributed by atoms with Crippen LogP contribution in [0.25, 0.3) is 10.1 Å². The molecular formula is C23H15BrCl2F3N2O7PS2. The molecule has 1 aromatic heterocycles. The monoisotopic (exact) mass is 732 g/mol. The maximum Gasteiger partial charge on any atom is 0.573 e. The summed E-state index contributed by atoms with van der Waals surface area (Å²) >= 11 is 16.1. The minimum atomic E-state index is -5.00. The largest absolute Gasteiger partial charge is 0.573 e. The predicted octanol–water partition coefficient (Wildman–Crippen LogP) is 7.62. The van der Waals surface area contributed by atoms with Gasteiger partial charge in [-0.15, -0.1) is 24.5 Å². The molecule has 0 aliphatic rings. The number of benzene rings is 3. The van der Waals surface area contributed by atoms with Gasteiger partial charge in [0, 0.05) is 14.9 Å². The zero-order valence-corrected chi connectivity index (χ0v) is 25.5. The number of amides is 1. The fourth-order valence-electron chi connectivity index (χ4n) is 3.31. The molecule has 18 heteroatoms. The third kappa shape index (κ3) is 7.93. The standard InChI is InChI=1S/C23H15BrCl2F3N2O7PS2/c24-15-6-5-12(9-13(15)22(32)31-18-3-1-2-4-19(18)37-23(27,28)29)38-39(33,34)11-30-41(35,36)20-10-14-16(25)7-8-17(26)21(14)40-20/h1-10,30H,11H2,(H,31,32)(H,33,34). The Kier molecular flexibility index (Phi) is 9.31. The topological polar surface area (TPSA) is 131 Å². The number of alkyl halides is 3. The molecule has 3 aromatic carbocycles. The number of hydrogen-bond donors (Lipinski definition) is 3. The van der Waals surface area contributed by atoms with Crippen molar-refractivity contribution in [3.05, 3.63) is 80.7 Å². The summed E-state index contributed by atoms with van der Waals surface area (Å²) in [5.74, 6) is -1.87. The first-order chi connectivity index (χ1) is 19.0. The molecule has 0 bridgehead atoms. The van der Waals surface area contributed by atoms with Crippen LogP contribution in [-0.2, 0) is 14.6 Å². The van der Waals surface area contributed by atoms with Gasteiger partial charge in [-0.3, -0.25) is 4.79 Å². The van der Waals surface area contributed by atoms with E-state index in [4.69, 9.17) is 27.7 Å². The minimum Gasteiger partial charge on any atom is -0.424 e. The Hall–Kier alpha value is -2.36. The number of carbonyl (C=O) groups is 1. The number of fused-ring (bicyclic) bond motifs is 1. The molecule has 4 rings (SSSR count). The first kappa shape index (κ1) is 31.6. The summed E-state index contributed by atoms with van der Waals surface area (Å²) in [7, 11) is -8.96. The van der Waals surface area contributed by atoms with E-state index >= 15 is 0 Å². The maximum atomic E-state index is 12.8. The molecule has 0 aliphatic heterocycles. The summed E-state index contributed by atoms with van der Waals surface area (Å²) < 4.78 is 87.8. The summed E-state index contributed by atoms with van der Waals surface area (Å²) in [6, 6.07) is 12.7. The smallest absolute Gasteiger partial charge is 0.424 e. The van der Waals surface area contributed by atoms with E-state index in [2.05, 4.69) is 26.0 Å². The van der Waals surface area contributed by atoms with Crippen LogP contribution in [-0.4, -0.2) is 31.9 Å². The Morgan fingerprint density at radius 3 is 2.44 bits per heavy atom. The number of para-hydroxylation sites is 2. The average Bonchev–Trinajstić information content (AvgIpc) is 3.35. The van der Waals surface area contributed by atoms with Crippen molar-refractivity contribution in [1.29, 1.82) is 0 Å². The first-order valence-corrected chi connectivity index (χ1v) is 16.5. The van der Waals surface area contributed by atoms with Crippen LogP contribution in [0.1, 0.15) is 10.4 Å². The molecule has 0 fully saturated rings. The fourth-order valence-corrected chi connectivity index (χ4v) is 8.23. The molecular weight excluding hydrogens is 719 g/mol. The Morgan fingerprint density at radius 2 is 1.76 bits per heavy atom. The highest BCUT2D eigenvalue weighted by atomic mass is 79.9. The van der Waals surface area contributed by atoms with Crippen LogP contribution >= 0.6 is 58.1 Å². The zero-order chi connectivity index (χ0) is 30.2. The number of hydrogen-bond acceptors (Lipinski definition) is 7. The van der Waals surface area contributed by atoms with Crippen LogP contribution in [0.3, 0.4) is 0 Å². The normalized spacial score (nSPS) is 13.5. The second kappa shape index (κ2) is 12.1. The molecule has 3 N–H and O–H groups in total. The lowest BCUT2D eigenvalue weighted by molar-refractivity contribution is -0.274. The third-order valence-corrected chi connectivity index (χ3v) is 10.8. The predicted molar refractivity (Wildman–Crippen MR) is 153 cm³/mol. The van der Waals surface area contributed by atoms with Gasteiger partial charge in [0.25, 0.3) is 15.9 Å². The highest BCUT2D eigenvalue weighted by Gasteiger charge is 2.32. The first-order valence-electron chi connectivity index (χ1n) is 10.9. The van der Waals surface area contributed by atoms with E-state index in [-0.39, 0.29) is 35.7 Å². The summed E-state index contributed by atoms with van der Waals surface area (Å²) in [5, 5.41) is 3.21. The Balaban J connectivity index is 1.48. The molecule has 1 amide bonds. The van der Waals surface area contributed by atoms with Crippen LogP contribution in [0.15, 0.2) is 69.3 Å². The van der Waals surface area contributed by atoms with Gasteiger partial charge in [-0.2, -0.15) is 4.72 Å². The van der Waals surface area contributed by atoms with Gasteiger partial charge in [-0.1, -0.05) is 35.3 Å². The molecule has 0 saturated heterocycles. The molecule has 1 heterocycles. The summed E-state index contributed by atoms with van der Waals surface area (Å²) in [4.78, 5) is 23.1. The van der Waals surface area contributed by atoms with Gasteiger partial charge in [0.15, 0.2) is 5.75 Å². The summed E-state index contributed by atoms with van der Waals surface area (Å²) in [5.41, 5.74) is -0.469. The Bertz CT molecular complexity index is 1770. The Labute approximate surface area is 252 Å². The van der Waals surface area contributed by atoms with Crippen LogP contribution in [0.5, 0.6) is 11.5 Å². The third-order valence-electron chi connectivity index (χ3n) is 5.07. The molecule has 4 aromatic rings. The van der Waals surface area contributed by atoms with Crippen LogP contribution in [0.4, 0.5) is 18.9 Å². The Morgan fingerprint density at radius 1 is 1.07 bits per heavy atom. The van der Waals surface area contributed by atoms with Crippen molar-refractivity contribution < 1.29 is 45.1 Å². The van der Waals surface area contributed by atoms with Crippen LogP contribution in [0, 0.1) is 0 Å². The average molecular weight is 734 g/mol. The lowest BCUT2D eigenvalue weighted by Crippen LogP contribution is -2.25. The molecule has 41 heavy (non-hydrogen) atoms. The minimum absolute atomic E-state index is 0.173. The molecule has 0 spiro atoms. The molecule has 218 valence electrons. The van der Waals surface area contributed by atoms with Crippen molar-refractivity contribution >= 4 is 89.8 Å². The number of thiophene rings is 1. The number of sulfonamides is 1. The van der Waals surface area contributed by atoms with Crippen molar-refractivity contribution in [3.8, 4) is 11.5 Å². The number of anilines is 1. The molecule has 0 saturated carbocycles. The van der Waals surface area contributed by atoms with Crippen molar-refractivity contribution in [2.24, 2.45) is 0 Å². The van der Waals surface area contributed by atoms with E-state index in [9.17, 15) is 35.8 Å². The summed E-state index contributed by atoms with van der Waals surface area (Å²) in [6.45, 7) is 0. The highest BCUT2D eigenvalue weighted by molar-refractivity contribution is 9.10. The number of nitrogens with one attached hydrogen (secondary N) is 2. The van der Waals surface area contributed by atoms with E-state index in [1.54, 1.807) is 0 Å². The number of halogens is 6. The van der Waals surface area contributed by atoms with Gasteiger partial charge in [0.2, 0.25) is 0 Å². The second-order valence-electron chi connectivity index (χ2n) is 8.01. The number of ether oxygens (including phenoxy) is 1.